The summed E-state index contributed by atoms with van der Waals surface area (Å²) in [6, 6.07) is 9.05. The van der Waals surface area contributed by atoms with Gasteiger partial charge in [0.05, 0.1) is 22.2 Å². The van der Waals surface area contributed by atoms with Gasteiger partial charge in [-0.15, -0.1) is 0 Å². The van der Waals surface area contributed by atoms with Crippen LogP contribution < -0.4 is 0 Å². The minimum atomic E-state index is -1.02. The van der Waals surface area contributed by atoms with Gasteiger partial charge in [0.2, 0.25) is 0 Å². The normalized spacial score (nSPS) is 10.5. The number of nitrogens with zero attached hydrogens (tertiary/aromatic N) is 2. The molecule has 2 nitrogen and oxygen atoms in total. The van der Waals surface area contributed by atoms with Crippen molar-refractivity contribution >= 4 is 23.2 Å². The molecular weight excluding hydrogens is 231 g/mol. The Labute approximate surface area is 98.6 Å². The molecule has 0 aliphatic rings. The van der Waals surface area contributed by atoms with Crippen molar-refractivity contribution in [3.8, 4) is 12.1 Å². The van der Waals surface area contributed by atoms with Gasteiger partial charge in [0.1, 0.15) is 5.41 Å². The number of nitriles is 2. The van der Waals surface area contributed by atoms with Crippen molar-refractivity contribution in [3.63, 3.8) is 0 Å². The lowest BCUT2D eigenvalue weighted by atomic mass is 9.87. The fourth-order valence-electron chi connectivity index (χ4n) is 1.16. The molecule has 0 atom stereocenters. The standard InChI is InChI=1S/C11H8Cl2N2/c1-11(6-14,7-15)5-8-2-3-9(12)10(13)4-8/h2-4H,5H2,1H3. The molecule has 0 bridgehead atoms. The van der Waals surface area contributed by atoms with Gasteiger partial charge in [0.25, 0.3) is 0 Å². The lowest BCUT2D eigenvalue weighted by molar-refractivity contribution is 0.581. The van der Waals surface area contributed by atoms with Crippen LogP contribution in [0.5, 0.6) is 0 Å². The Balaban J connectivity index is 2.97. The summed E-state index contributed by atoms with van der Waals surface area (Å²) in [6.07, 6.45) is 0.344. The quantitative estimate of drug-likeness (QED) is 0.791. The molecule has 15 heavy (non-hydrogen) atoms. The van der Waals surface area contributed by atoms with Gasteiger partial charge in [-0.3, -0.25) is 0 Å². The van der Waals surface area contributed by atoms with Gasteiger partial charge in [0.15, 0.2) is 0 Å². The van der Waals surface area contributed by atoms with E-state index < -0.39 is 5.41 Å². The van der Waals surface area contributed by atoms with Crippen LogP contribution in [0.15, 0.2) is 18.2 Å². The van der Waals surface area contributed by atoms with E-state index in [2.05, 4.69) is 0 Å². The maximum absolute atomic E-state index is 8.84. The van der Waals surface area contributed by atoms with Crippen molar-refractivity contribution in [2.75, 3.05) is 0 Å². The van der Waals surface area contributed by atoms with Gasteiger partial charge in [-0.1, -0.05) is 29.3 Å². The van der Waals surface area contributed by atoms with E-state index >= 15 is 0 Å². The molecule has 0 fully saturated rings. The zero-order chi connectivity index (χ0) is 11.5. The molecule has 0 aliphatic carbocycles. The van der Waals surface area contributed by atoms with Crippen molar-refractivity contribution in [1.82, 2.24) is 0 Å². The Morgan fingerprint density at radius 1 is 1.20 bits per heavy atom. The maximum atomic E-state index is 8.84. The summed E-state index contributed by atoms with van der Waals surface area (Å²) in [6.45, 7) is 1.59. The second-order valence-electron chi connectivity index (χ2n) is 3.48. The summed E-state index contributed by atoms with van der Waals surface area (Å²) < 4.78 is 0. The van der Waals surface area contributed by atoms with E-state index in [-0.39, 0.29) is 0 Å². The number of hydrogen-bond donors (Lipinski definition) is 0. The molecule has 76 valence electrons. The minimum Gasteiger partial charge on any atom is -0.197 e. The Bertz CT molecular complexity index is 441. The number of benzene rings is 1. The van der Waals surface area contributed by atoms with E-state index in [0.717, 1.165) is 5.56 Å². The molecule has 0 aliphatic heterocycles. The second-order valence-corrected chi connectivity index (χ2v) is 4.30. The zero-order valence-corrected chi connectivity index (χ0v) is 9.60. The van der Waals surface area contributed by atoms with Crippen LogP contribution in [-0.2, 0) is 6.42 Å². The highest BCUT2D eigenvalue weighted by Gasteiger charge is 2.23. The summed E-state index contributed by atoms with van der Waals surface area (Å²) in [5.74, 6) is 0. The molecule has 0 spiro atoms. The third-order valence-electron chi connectivity index (χ3n) is 2.04. The molecule has 0 saturated carbocycles. The Hall–Kier alpha value is -1.22. The third-order valence-corrected chi connectivity index (χ3v) is 2.77. The van der Waals surface area contributed by atoms with Crippen molar-refractivity contribution in [2.24, 2.45) is 5.41 Å². The lowest BCUT2D eigenvalue weighted by Gasteiger charge is -2.12. The first-order valence-electron chi connectivity index (χ1n) is 4.27. The first-order chi connectivity index (χ1) is 7.00. The van der Waals surface area contributed by atoms with E-state index in [0.29, 0.717) is 16.5 Å². The predicted octanol–water partition coefficient (Wildman–Crippen LogP) is 3.59. The van der Waals surface area contributed by atoms with Gasteiger partial charge in [-0.2, -0.15) is 10.5 Å². The largest absolute Gasteiger partial charge is 0.197 e. The summed E-state index contributed by atoms with van der Waals surface area (Å²) in [4.78, 5) is 0. The van der Waals surface area contributed by atoms with Crippen LogP contribution in [0, 0.1) is 28.1 Å². The van der Waals surface area contributed by atoms with Crippen molar-refractivity contribution in [2.45, 2.75) is 13.3 Å². The number of rotatable bonds is 2. The highest BCUT2D eigenvalue weighted by Crippen LogP contribution is 2.26. The SMILES string of the molecule is CC(C#N)(C#N)Cc1ccc(Cl)c(Cl)c1. The summed E-state index contributed by atoms with van der Waals surface area (Å²) in [5, 5.41) is 18.6. The number of halogens is 2. The van der Waals surface area contributed by atoms with Crippen LogP contribution >= 0.6 is 23.2 Å². The Morgan fingerprint density at radius 3 is 2.27 bits per heavy atom. The van der Waals surface area contributed by atoms with E-state index in [4.69, 9.17) is 33.7 Å². The lowest BCUT2D eigenvalue weighted by Crippen LogP contribution is -2.14. The average molecular weight is 239 g/mol. The fourth-order valence-corrected chi connectivity index (χ4v) is 1.48. The van der Waals surface area contributed by atoms with E-state index in [1.807, 2.05) is 12.1 Å². The monoisotopic (exact) mass is 238 g/mol. The third kappa shape index (κ3) is 2.86. The average Bonchev–Trinajstić information content (AvgIpc) is 2.23. The first-order valence-corrected chi connectivity index (χ1v) is 5.03. The molecule has 1 rings (SSSR count). The second kappa shape index (κ2) is 4.53. The molecule has 0 amide bonds. The molecule has 0 heterocycles. The van der Waals surface area contributed by atoms with Gasteiger partial charge in [0, 0.05) is 6.42 Å². The molecule has 0 N–H and O–H groups in total. The van der Waals surface area contributed by atoms with Crippen LogP contribution in [0.1, 0.15) is 12.5 Å². The van der Waals surface area contributed by atoms with Gasteiger partial charge in [-0.05, 0) is 24.6 Å². The van der Waals surface area contributed by atoms with Crippen LogP contribution in [-0.4, -0.2) is 0 Å². The highest BCUT2D eigenvalue weighted by atomic mass is 35.5. The Kier molecular flexibility index (Phi) is 3.58. The van der Waals surface area contributed by atoms with E-state index in [1.54, 1.807) is 25.1 Å². The molecule has 0 unspecified atom stereocenters. The smallest absolute Gasteiger partial charge is 0.145 e. The van der Waals surface area contributed by atoms with Crippen LogP contribution in [0.25, 0.3) is 0 Å². The molecule has 0 radical (unpaired) electrons. The van der Waals surface area contributed by atoms with Crippen molar-refractivity contribution in [1.29, 1.82) is 10.5 Å². The summed E-state index contributed by atoms with van der Waals surface area (Å²) in [5.41, 5.74) is -0.188. The molecular formula is C11H8Cl2N2. The summed E-state index contributed by atoms with van der Waals surface area (Å²) >= 11 is 11.6. The molecule has 4 heteroatoms. The number of hydrogen-bond acceptors (Lipinski definition) is 2. The van der Waals surface area contributed by atoms with Crippen LogP contribution in [0.2, 0.25) is 10.0 Å². The highest BCUT2D eigenvalue weighted by molar-refractivity contribution is 6.42. The molecule has 0 aromatic heterocycles. The zero-order valence-electron chi connectivity index (χ0n) is 8.09. The summed E-state index contributed by atoms with van der Waals surface area (Å²) in [7, 11) is 0. The van der Waals surface area contributed by atoms with Gasteiger partial charge < -0.3 is 0 Å². The topological polar surface area (TPSA) is 47.6 Å². The Morgan fingerprint density at radius 2 is 1.80 bits per heavy atom. The maximum Gasteiger partial charge on any atom is 0.145 e. The molecule has 1 aromatic rings. The van der Waals surface area contributed by atoms with Crippen LogP contribution in [0.4, 0.5) is 0 Å². The van der Waals surface area contributed by atoms with Crippen molar-refractivity contribution in [3.05, 3.63) is 33.8 Å². The predicted molar refractivity (Wildman–Crippen MR) is 59.5 cm³/mol. The molecule has 1 aromatic carbocycles. The van der Waals surface area contributed by atoms with E-state index in [9.17, 15) is 0 Å². The van der Waals surface area contributed by atoms with Gasteiger partial charge in [-0.25, -0.2) is 0 Å². The molecule has 0 saturated heterocycles. The van der Waals surface area contributed by atoms with Crippen molar-refractivity contribution < 1.29 is 0 Å². The minimum absolute atomic E-state index is 0.344. The first kappa shape index (κ1) is 11.9. The van der Waals surface area contributed by atoms with E-state index in [1.165, 1.54) is 0 Å². The van der Waals surface area contributed by atoms with Gasteiger partial charge >= 0.3 is 0 Å². The fraction of sp³-hybridized carbons (Fsp3) is 0.273. The van der Waals surface area contributed by atoms with Crippen LogP contribution in [0.3, 0.4) is 0 Å².